The lowest BCUT2D eigenvalue weighted by molar-refractivity contribution is 0.0573. The molecular formula is C16H23FN2O2. The number of anilines is 1. The van der Waals surface area contributed by atoms with Crippen LogP contribution in [0.4, 0.5) is 14.9 Å². The molecule has 1 aliphatic carbocycles. The molecule has 1 fully saturated rings. The van der Waals surface area contributed by atoms with Gasteiger partial charge >= 0.3 is 6.09 Å². The van der Waals surface area contributed by atoms with Gasteiger partial charge in [0.25, 0.3) is 0 Å². The summed E-state index contributed by atoms with van der Waals surface area (Å²) >= 11 is 0. The number of carbonyl (C=O) groups is 1. The van der Waals surface area contributed by atoms with Crippen LogP contribution in [0.3, 0.4) is 0 Å². The summed E-state index contributed by atoms with van der Waals surface area (Å²) in [7, 11) is 0. The van der Waals surface area contributed by atoms with Gasteiger partial charge in [0.05, 0.1) is 0 Å². The number of halogens is 1. The third-order valence-corrected chi connectivity index (χ3v) is 3.64. The van der Waals surface area contributed by atoms with Crippen molar-refractivity contribution in [3.63, 3.8) is 0 Å². The lowest BCUT2D eigenvalue weighted by atomic mass is 10.1. The SMILES string of the molecule is CC(C)(C)OC(=O)N(CC1(CN)CC1)c1ccc(F)cc1. The zero-order chi connectivity index (χ0) is 15.7. The molecule has 0 aromatic heterocycles. The van der Waals surface area contributed by atoms with Crippen LogP contribution < -0.4 is 10.6 Å². The fourth-order valence-corrected chi connectivity index (χ4v) is 2.14. The van der Waals surface area contributed by atoms with Gasteiger partial charge in [-0.3, -0.25) is 4.90 Å². The number of hydrogen-bond donors (Lipinski definition) is 1. The maximum Gasteiger partial charge on any atom is 0.414 e. The molecule has 1 amide bonds. The number of nitrogens with two attached hydrogens (primary N) is 1. The predicted molar refractivity (Wildman–Crippen MR) is 80.7 cm³/mol. The van der Waals surface area contributed by atoms with Gasteiger partial charge in [-0.05, 0) is 64.4 Å². The highest BCUT2D eigenvalue weighted by molar-refractivity contribution is 5.88. The molecule has 1 aliphatic rings. The van der Waals surface area contributed by atoms with E-state index in [1.54, 1.807) is 17.0 Å². The van der Waals surface area contributed by atoms with Crippen LogP contribution in [0.2, 0.25) is 0 Å². The number of hydrogen-bond acceptors (Lipinski definition) is 3. The first kappa shape index (κ1) is 15.8. The Balaban J connectivity index is 2.21. The monoisotopic (exact) mass is 294 g/mol. The van der Waals surface area contributed by atoms with E-state index in [0.29, 0.717) is 18.8 Å². The second kappa shape index (κ2) is 5.64. The Hall–Kier alpha value is -1.62. The molecule has 0 heterocycles. The summed E-state index contributed by atoms with van der Waals surface area (Å²) in [5.41, 5.74) is 5.84. The van der Waals surface area contributed by atoms with Crippen molar-refractivity contribution in [2.24, 2.45) is 11.1 Å². The van der Waals surface area contributed by atoms with Crippen molar-refractivity contribution in [2.75, 3.05) is 18.0 Å². The Morgan fingerprint density at radius 2 is 1.90 bits per heavy atom. The summed E-state index contributed by atoms with van der Waals surface area (Å²) in [5.74, 6) is -0.331. The van der Waals surface area contributed by atoms with Crippen LogP contribution in [0.5, 0.6) is 0 Å². The van der Waals surface area contributed by atoms with Crippen molar-refractivity contribution >= 4 is 11.8 Å². The van der Waals surface area contributed by atoms with E-state index < -0.39 is 11.7 Å². The first-order valence-corrected chi connectivity index (χ1v) is 7.21. The molecule has 0 saturated heterocycles. The first-order chi connectivity index (χ1) is 9.75. The van der Waals surface area contributed by atoms with Gasteiger partial charge in [-0.15, -0.1) is 0 Å². The van der Waals surface area contributed by atoms with Crippen LogP contribution in [-0.2, 0) is 4.74 Å². The van der Waals surface area contributed by atoms with Crippen molar-refractivity contribution in [2.45, 2.75) is 39.2 Å². The summed E-state index contributed by atoms with van der Waals surface area (Å²) < 4.78 is 18.5. The van der Waals surface area contributed by atoms with Gasteiger partial charge in [-0.2, -0.15) is 0 Å². The Morgan fingerprint density at radius 1 is 1.33 bits per heavy atom. The number of ether oxygens (including phenoxy) is 1. The molecule has 1 saturated carbocycles. The van der Waals surface area contributed by atoms with Crippen LogP contribution >= 0.6 is 0 Å². The minimum atomic E-state index is -0.575. The van der Waals surface area contributed by atoms with Gasteiger partial charge in [0.2, 0.25) is 0 Å². The fraction of sp³-hybridized carbons (Fsp3) is 0.562. The molecule has 1 aromatic carbocycles. The highest BCUT2D eigenvalue weighted by Crippen LogP contribution is 2.45. The molecule has 21 heavy (non-hydrogen) atoms. The minimum Gasteiger partial charge on any atom is -0.443 e. The molecule has 0 bridgehead atoms. The molecule has 2 rings (SSSR count). The average molecular weight is 294 g/mol. The molecule has 1 aromatic rings. The van der Waals surface area contributed by atoms with E-state index in [-0.39, 0.29) is 11.2 Å². The molecule has 0 unspecified atom stereocenters. The first-order valence-electron chi connectivity index (χ1n) is 7.21. The molecular weight excluding hydrogens is 271 g/mol. The Kier molecular flexibility index (Phi) is 4.23. The van der Waals surface area contributed by atoms with Crippen molar-refractivity contribution in [3.8, 4) is 0 Å². The third-order valence-electron chi connectivity index (χ3n) is 3.64. The molecule has 2 N–H and O–H groups in total. The average Bonchev–Trinajstić information content (AvgIpc) is 3.16. The van der Waals surface area contributed by atoms with E-state index in [4.69, 9.17) is 10.5 Å². The van der Waals surface area contributed by atoms with E-state index in [1.165, 1.54) is 12.1 Å². The van der Waals surface area contributed by atoms with E-state index in [1.807, 2.05) is 20.8 Å². The number of benzene rings is 1. The van der Waals surface area contributed by atoms with Crippen molar-refractivity contribution < 1.29 is 13.9 Å². The van der Waals surface area contributed by atoms with Crippen molar-refractivity contribution in [3.05, 3.63) is 30.1 Å². The van der Waals surface area contributed by atoms with Crippen molar-refractivity contribution in [1.29, 1.82) is 0 Å². The zero-order valence-electron chi connectivity index (χ0n) is 12.9. The number of rotatable bonds is 4. The van der Waals surface area contributed by atoms with E-state index in [2.05, 4.69) is 0 Å². The predicted octanol–water partition coefficient (Wildman–Crippen LogP) is 3.31. The smallest absolute Gasteiger partial charge is 0.414 e. The number of nitrogens with zero attached hydrogens (tertiary/aromatic N) is 1. The van der Waals surface area contributed by atoms with Crippen LogP contribution in [0, 0.1) is 11.2 Å². The highest BCUT2D eigenvalue weighted by atomic mass is 19.1. The lowest BCUT2D eigenvalue weighted by Gasteiger charge is -2.30. The normalized spacial score (nSPS) is 16.4. The summed E-state index contributed by atoms with van der Waals surface area (Å²) in [6.45, 7) is 6.51. The molecule has 0 spiro atoms. The number of carbonyl (C=O) groups excluding carboxylic acids is 1. The third kappa shape index (κ3) is 4.17. The molecule has 4 nitrogen and oxygen atoms in total. The Morgan fingerprint density at radius 3 is 2.33 bits per heavy atom. The van der Waals surface area contributed by atoms with Gasteiger partial charge in [-0.1, -0.05) is 0 Å². The summed E-state index contributed by atoms with van der Waals surface area (Å²) in [6, 6.07) is 5.86. The topological polar surface area (TPSA) is 55.6 Å². The van der Waals surface area contributed by atoms with Crippen LogP contribution in [-0.4, -0.2) is 24.8 Å². The van der Waals surface area contributed by atoms with Gasteiger partial charge < -0.3 is 10.5 Å². The van der Waals surface area contributed by atoms with Crippen LogP contribution in [0.15, 0.2) is 24.3 Å². The van der Waals surface area contributed by atoms with Crippen LogP contribution in [0.1, 0.15) is 33.6 Å². The molecule has 5 heteroatoms. The molecule has 0 radical (unpaired) electrons. The van der Waals surface area contributed by atoms with Gasteiger partial charge in [0.1, 0.15) is 11.4 Å². The fourth-order valence-electron chi connectivity index (χ4n) is 2.14. The van der Waals surface area contributed by atoms with Gasteiger partial charge in [-0.25, -0.2) is 9.18 Å². The van der Waals surface area contributed by atoms with Gasteiger partial charge in [0.15, 0.2) is 0 Å². The largest absolute Gasteiger partial charge is 0.443 e. The summed E-state index contributed by atoms with van der Waals surface area (Å²) in [6.07, 6.45) is 1.59. The molecule has 0 atom stereocenters. The molecule has 0 aliphatic heterocycles. The van der Waals surface area contributed by atoms with Gasteiger partial charge in [0, 0.05) is 17.6 Å². The second-order valence-electron chi connectivity index (χ2n) is 6.75. The van der Waals surface area contributed by atoms with E-state index >= 15 is 0 Å². The van der Waals surface area contributed by atoms with E-state index in [9.17, 15) is 9.18 Å². The van der Waals surface area contributed by atoms with E-state index in [0.717, 1.165) is 12.8 Å². The molecule has 116 valence electrons. The lowest BCUT2D eigenvalue weighted by Crippen LogP contribution is -2.42. The minimum absolute atomic E-state index is 0.0225. The maximum atomic E-state index is 13.1. The Labute approximate surface area is 125 Å². The number of amides is 1. The van der Waals surface area contributed by atoms with Crippen molar-refractivity contribution in [1.82, 2.24) is 0 Å². The van der Waals surface area contributed by atoms with Crippen LogP contribution in [0.25, 0.3) is 0 Å². The maximum absolute atomic E-state index is 13.1. The summed E-state index contributed by atoms with van der Waals surface area (Å²) in [5, 5.41) is 0. The zero-order valence-corrected chi connectivity index (χ0v) is 12.9. The quantitative estimate of drug-likeness (QED) is 0.927. The highest BCUT2D eigenvalue weighted by Gasteiger charge is 2.44. The second-order valence-corrected chi connectivity index (χ2v) is 6.75. The standard InChI is InChI=1S/C16H23FN2O2/c1-15(2,3)21-14(20)19(11-16(10-18)8-9-16)13-6-4-12(17)5-7-13/h4-7H,8-11,18H2,1-3H3. The summed E-state index contributed by atoms with van der Waals surface area (Å²) in [4.78, 5) is 14.0. The Bertz CT molecular complexity index is 504.